The van der Waals surface area contributed by atoms with Crippen LogP contribution in [-0.4, -0.2) is 11.8 Å². The molecule has 44 valence electrons. The monoisotopic (exact) mass is 113 g/mol. The molecule has 0 aromatic carbocycles. The Morgan fingerprint density at radius 2 is 2.25 bits per heavy atom. The number of carbonyl (C=O) groups is 2. The van der Waals surface area contributed by atoms with Crippen molar-refractivity contribution in [1.29, 1.82) is 0 Å². The second-order valence-electron chi connectivity index (χ2n) is 2.02. The average molecular weight is 113 g/mol. The fourth-order valence-electron chi connectivity index (χ4n) is 0.682. The van der Waals surface area contributed by atoms with Gasteiger partial charge in [0, 0.05) is 12.3 Å². The van der Waals surface area contributed by atoms with Gasteiger partial charge in [0.15, 0.2) is 0 Å². The van der Waals surface area contributed by atoms with Gasteiger partial charge < -0.3 is 0 Å². The molecule has 1 aliphatic heterocycles. The summed E-state index contributed by atoms with van der Waals surface area (Å²) in [6, 6.07) is 0. The van der Waals surface area contributed by atoms with Gasteiger partial charge in [-0.2, -0.15) is 0 Å². The Balaban J connectivity index is 2.64. The third kappa shape index (κ3) is 0.710. The summed E-state index contributed by atoms with van der Waals surface area (Å²) in [5.74, 6) is -0.403. The van der Waals surface area contributed by atoms with Crippen LogP contribution in [0.2, 0.25) is 0 Å². The summed E-state index contributed by atoms with van der Waals surface area (Å²) in [5, 5.41) is 2.19. The molecule has 0 aromatic heterocycles. The van der Waals surface area contributed by atoms with Crippen LogP contribution in [0.5, 0.6) is 0 Å². The van der Waals surface area contributed by atoms with E-state index in [1.165, 1.54) is 0 Å². The highest BCUT2D eigenvalue weighted by molar-refractivity contribution is 6.03. The second-order valence-corrected chi connectivity index (χ2v) is 2.02. The molecule has 0 radical (unpaired) electrons. The molecule has 1 saturated heterocycles. The van der Waals surface area contributed by atoms with Gasteiger partial charge >= 0.3 is 0 Å². The first-order valence-electron chi connectivity index (χ1n) is 2.54. The van der Waals surface area contributed by atoms with Crippen molar-refractivity contribution in [3.05, 3.63) is 0 Å². The fourth-order valence-corrected chi connectivity index (χ4v) is 0.682. The molecule has 0 aromatic rings. The highest BCUT2D eigenvalue weighted by atomic mass is 16.2. The van der Waals surface area contributed by atoms with Crippen LogP contribution >= 0.6 is 0 Å². The lowest BCUT2D eigenvalue weighted by molar-refractivity contribution is -0.125. The molecule has 8 heavy (non-hydrogen) atoms. The van der Waals surface area contributed by atoms with E-state index in [-0.39, 0.29) is 17.7 Å². The van der Waals surface area contributed by atoms with E-state index in [4.69, 9.17) is 0 Å². The van der Waals surface area contributed by atoms with E-state index in [0.717, 1.165) is 0 Å². The molecule has 3 heteroatoms. The van der Waals surface area contributed by atoms with E-state index in [2.05, 4.69) is 5.32 Å². The SMILES string of the molecule is C[C@H]1CC(=O)NC1=O. The van der Waals surface area contributed by atoms with E-state index in [1.807, 2.05) is 0 Å². The van der Waals surface area contributed by atoms with Gasteiger partial charge in [-0.3, -0.25) is 14.9 Å². The summed E-state index contributed by atoms with van der Waals surface area (Å²) in [5.41, 5.74) is 0. The summed E-state index contributed by atoms with van der Waals surface area (Å²) in [7, 11) is 0. The zero-order chi connectivity index (χ0) is 6.15. The van der Waals surface area contributed by atoms with Crippen molar-refractivity contribution in [2.45, 2.75) is 13.3 Å². The number of hydrogen-bond donors (Lipinski definition) is 1. The van der Waals surface area contributed by atoms with E-state index >= 15 is 0 Å². The molecule has 1 heterocycles. The summed E-state index contributed by atoms with van der Waals surface area (Å²) in [4.78, 5) is 20.8. The number of hydrogen-bond acceptors (Lipinski definition) is 2. The van der Waals surface area contributed by atoms with Crippen LogP contribution in [0.1, 0.15) is 13.3 Å². The summed E-state index contributed by atoms with van der Waals surface area (Å²) < 4.78 is 0. The number of imide groups is 1. The smallest absolute Gasteiger partial charge is 0.229 e. The van der Waals surface area contributed by atoms with Crippen molar-refractivity contribution < 1.29 is 9.59 Å². The Kier molecular flexibility index (Phi) is 1.04. The van der Waals surface area contributed by atoms with Gasteiger partial charge in [-0.1, -0.05) is 6.92 Å². The van der Waals surface area contributed by atoms with Gasteiger partial charge in [0.05, 0.1) is 0 Å². The first kappa shape index (κ1) is 5.28. The van der Waals surface area contributed by atoms with Crippen LogP contribution in [0.15, 0.2) is 0 Å². The maximum atomic E-state index is 10.5. The lowest BCUT2D eigenvalue weighted by atomic mass is 10.1. The zero-order valence-corrected chi connectivity index (χ0v) is 4.60. The predicted octanol–water partition coefficient (Wildman–Crippen LogP) is -0.331. The number of rotatable bonds is 0. The van der Waals surface area contributed by atoms with E-state index in [9.17, 15) is 9.59 Å². The van der Waals surface area contributed by atoms with Crippen molar-refractivity contribution in [2.75, 3.05) is 0 Å². The van der Waals surface area contributed by atoms with Crippen LogP contribution in [0.3, 0.4) is 0 Å². The van der Waals surface area contributed by atoms with E-state index < -0.39 is 0 Å². The molecular formula is C5H7NO2. The maximum Gasteiger partial charge on any atom is 0.229 e. The average Bonchev–Trinajstić information content (AvgIpc) is 1.85. The number of nitrogens with one attached hydrogen (secondary N) is 1. The van der Waals surface area contributed by atoms with Gasteiger partial charge in [0.2, 0.25) is 11.8 Å². The van der Waals surface area contributed by atoms with E-state index in [0.29, 0.717) is 6.42 Å². The molecule has 3 nitrogen and oxygen atoms in total. The topological polar surface area (TPSA) is 46.2 Å². The van der Waals surface area contributed by atoms with Crippen molar-refractivity contribution in [3.63, 3.8) is 0 Å². The Morgan fingerprint density at radius 3 is 2.38 bits per heavy atom. The molecule has 0 aliphatic carbocycles. The molecule has 1 rings (SSSR count). The van der Waals surface area contributed by atoms with Gasteiger partial charge in [0.1, 0.15) is 0 Å². The minimum absolute atomic E-state index is 0.109. The first-order chi connectivity index (χ1) is 3.70. The van der Waals surface area contributed by atoms with Crippen LogP contribution < -0.4 is 5.32 Å². The van der Waals surface area contributed by atoms with Crippen LogP contribution in [0.25, 0.3) is 0 Å². The quantitative estimate of drug-likeness (QED) is 0.437. The Labute approximate surface area is 47.1 Å². The lowest BCUT2D eigenvalue weighted by Crippen LogP contribution is -2.20. The van der Waals surface area contributed by atoms with Gasteiger partial charge in [0.25, 0.3) is 0 Å². The van der Waals surface area contributed by atoms with Crippen LogP contribution in [-0.2, 0) is 9.59 Å². The van der Waals surface area contributed by atoms with Crippen LogP contribution in [0, 0.1) is 5.92 Å². The summed E-state index contributed by atoms with van der Waals surface area (Å²) >= 11 is 0. The molecule has 0 unspecified atom stereocenters. The summed E-state index contributed by atoms with van der Waals surface area (Å²) in [6.07, 6.45) is 0.360. The third-order valence-electron chi connectivity index (χ3n) is 1.20. The molecule has 0 saturated carbocycles. The van der Waals surface area contributed by atoms with Gasteiger partial charge in [-0.25, -0.2) is 0 Å². The Morgan fingerprint density at radius 1 is 1.62 bits per heavy atom. The maximum absolute atomic E-state index is 10.5. The van der Waals surface area contributed by atoms with Crippen molar-refractivity contribution >= 4 is 11.8 Å². The number of amides is 2. The third-order valence-corrected chi connectivity index (χ3v) is 1.20. The normalized spacial score (nSPS) is 28.4. The van der Waals surface area contributed by atoms with Gasteiger partial charge in [-0.15, -0.1) is 0 Å². The largest absolute Gasteiger partial charge is 0.296 e. The van der Waals surface area contributed by atoms with Crippen molar-refractivity contribution in [3.8, 4) is 0 Å². The zero-order valence-electron chi connectivity index (χ0n) is 4.60. The molecule has 0 spiro atoms. The van der Waals surface area contributed by atoms with Crippen LogP contribution in [0.4, 0.5) is 0 Å². The molecule has 1 atom stereocenters. The minimum Gasteiger partial charge on any atom is -0.296 e. The predicted molar refractivity (Wildman–Crippen MR) is 26.9 cm³/mol. The summed E-state index contributed by atoms with van der Waals surface area (Å²) in [6.45, 7) is 1.74. The Hall–Kier alpha value is -0.860. The lowest BCUT2D eigenvalue weighted by Gasteiger charge is -1.88. The van der Waals surface area contributed by atoms with E-state index in [1.54, 1.807) is 6.92 Å². The molecule has 1 fully saturated rings. The Bertz CT molecular complexity index is 141. The molecule has 0 bridgehead atoms. The molecule has 1 N–H and O–H groups in total. The fraction of sp³-hybridized carbons (Fsp3) is 0.600. The van der Waals surface area contributed by atoms with Crippen molar-refractivity contribution in [1.82, 2.24) is 5.32 Å². The molecule has 2 amide bonds. The molecular weight excluding hydrogens is 106 g/mol. The first-order valence-corrected chi connectivity index (χ1v) is 2.54. The molecule has 1 aliphatic rings. The number of carbonyl (C=O) groups excluding carboxylic acids is 2. The van der Waals surface area contributed by atoms with Gasteiger partial charge in [-0.05, 0) is 0 Å². The standard InChI is InChI=1S/C5H7NO2/c1-3-2-4(7)6-5(3)8/h3H,2H2,1H3,(H,6,7,8)/t3-/m0/s1. The van der Waals surface area contributed by atoms with Crippen molar-refractivity contribution in [2.24, 2.45) is 5.92 Å². The second kappa shape index (κ2) is 1.58. The highest BCUT2D eigenvalue weighted by Crippen LogP contribution is 2.07. The highest BCUT2D eigenvalue weighted by Gasteiger charge is 2.25. The minimum atomic E-state index is -0.150.